The molecule has 4 heteroatoms. The third kappa shape index (κ3) is 4.50. The van der Waals surface area contributed by atoms with E-state index in [2.05, 4.69) is 5.32 Å². The van der Waals surface area contributed by atoms with E-state index in [0.29, 0.717) is 12.8 Å². The number of hydrogen-bond donors (Lipinski definition) is 2. The van der Waals surface area contributed by atoms with E-state index in [9.17, 15) is 9.90 Å². The number of rotatable bonds is 6. The molecule has 2 rings (SSSR count). The first-order chi connectivity index (χ1) is 9.28. The SMILES string of the molecule is O=C(Cc1ccsc1)N[C@@H](CO)Cc1ccccc1. The Balaban J connectivity index is 1.86. The highest BCUT2D eigenvalue weighted by Crippen LogP contribution is 2.07. The van der Waals surface area contributed by atoms with Gasteiger partial charge in [-0.15, -0.1) is 0 Å². The van der Waals surface area contributed by atoms with Gasteiger partial charge in [-0.05, 0) is 34.4 Å². The van der Waals surface area contributed by atoms with Crippen molar-refractivity contribution in [1.29, 1.82) is 0 Å². The normalized spacial score (nSPS) is 12.1. The van der Waals surface area contributed by atoms with Crippen LogP contribution in [-0.2, 0) is 17.6 Å². The number of amides is 1. The summed E-state index contributed by atoms with van der Waals surface area (Å²) in [7, 11) is 0. The maximum atomic E-state index is 11.9. The minimum Gasteiger partial charge on any atom is -0.394 e. The van der Waals surface area contributed by atoms with Crippen LogP contribution in [0.3, 0.4) is 0 Å². The van der Waals surface area contributed by atoms with Gasteiger partial charge in [0.25, 0.3) is 0 Å². The lowest BCUT2D eigenvalue weighted by Gasteiger charge is -2.16. The van der Waals surface area contributed by atoms with Crippen LogP contribution in [0.5, 0.6) is 0 Å². The first-order valence-corrected chi connectivity index (χ1v) is 7.17. The van der Waals surface area contributed by atoms with E-state index in [1.54, 1.807) is 11.3 Å². The Bertz CT molecular complexity index is 496. The third-order valence-corrected chi connectivity index (χ3v) is 3.59. The largest absolute Gasteiger partial charge is 0.394 e. The van der Waals surface area contributed by atoms with Crippen LogP contribution in [-0.4, -0.2) is 23.7 Å². The van der Waals surface area contributed by atoms with Gasteiger partial charge in [-0.25, -0.2) is 0 Å². The molecule has 1 aromatic carbocycles. The van der Waals surface area contributed by atoms with E-state index in [1.165, 1.54) is 0 Å². The molecular formula is C15H17NO2S. The zero-order valence-electron chi connectivity index (χ0n) is 10.6. The Morgan fingerprint density at radius 3 is 2.63 bits per heavy atom. The van der Waals surface area contributed by atoms with Crippen LogP contribution in [0.25, 0.3) is 0 Å². The molecule has 0 fully saturated rings. The molecule has 0 bridgehead atoms. The highest BCUT2D eigenvalue weighted by Gasteiger charge is 2.12. The number of nitrogens with one attached hydrogen (secondary N) is 1. The number of carbonyl (C=O) groups excluding carboxylic acids is 1. The number of hydrogen-bond acceptors (Lipinski definition) is 3. The zero-order valence-corrected chi connectivity index (χ0v) is 11.4. The van der Waals surface area contributed by atoms with Gasteiger partial charge >= 0.3 is 0 Å². The Morgan fingerprint density at radius 2 is 2.00 bits per heavy atom. The standard InChI is InChI=1S/C15H17NO2S/c17-10-14(8-12-4-2-1-3-5-12)16-15(18)9-13-6-7-19-11-13/h1-7,11,14,17H,8-10H2,(H,16,18)/t14-/m1/s1. The van der Waals surface area contributed by atoms with Crippen molar-refractivity contribution in [3.8, 4) is 0 Å². The van der Waals surface area contributed by atoms with Gasteiger partial charge < -0.3 is 10.4 Å². The molecule has 0 unspecified atom stereocenters. The molecule has 2 N–H and O–H groups in total. The number of aliphatic hydroxyl groups excluding tert-OH is 1. The van der Waals surface area contributed by atoms with Gasteiger partial charge in [0, 0.05) is 0 Å². The number of carbonyl (C=O) groups is 1. The summed E-state index contributed by atoms with van der Waals surface area (Å²) < 4.78 is 0. The predicted molar refractivity (Wildman–Crippen MR) is 77.2 cm³/mol. The van der Waals surface area contributed by atoms with E-state index in [1.807, 2.05) is 47.2 Å². The van der Waals surface area contributed by atoms with Crippen LogP contribution in [0, 0.1) is 0 Å². The molecule has 1 amide bonds. The molecule has 1 aromatic heterocycles. The molecule has 19 heavy (non-hydrogen) atoms. The quantitative estimate of drug-likeness (QED) is 0.847. The second-order valence-electron chi connectivity index (χ2n) is 4.45. The van der Waals surface area contributed by atoms with Gasteiger partial charge in [0.05, 0.1) is 19.1 Å². The summed E-state index contributed by atoms with van der Waals surface area (Å²) in [5.41, 5.74) is 2.12. The number of benzene rings is 1. The van der Waals surface area contributed by atoms with E-state index in [4.69, 9.17) is 0 Å². The minimum atomic E-state index is -0.228. The lowest BCUT2D eigenvalue weighted by Crippen LogP contribution is -2.39. The van der Waals surface area contributed by atoms with Crippen molar-refractivity contribution in [2.75, 3.05) is 6.61 Å². The van der Waals surface area contributed by atoms with Gasteiger partial charge in [-0.1, -0.05) is 30.3 Å². The summed E-state index contributed by atoms with van der Waals surface area (Å²) in [6.07, 6.45) is 1.02. The Labute approximate surface area is 116 Å². The molecule has 0 aliphatic heterocycles. The summed E-state index contributed by atoms with van der Waals surface area (Å²) in [4.78, 5) is 11.9. The fourth-order valence-corrected chi connectivity index (χ4v) is 2.59. The summed E-state index contributed by atoms with van der Waals surface area (Å²) in [5.74, 6) is -0.0478. The van der Waals surface area contributed by atoms with Gasteiger partial charge in [0.15, 0.2) is 0 Å². The lowest BCUT2D eigenvalue weighted by atomic mass is 10.1. The monoisotopic (exact) mass is 275 g/mol. The van der Waals surface area contributed by atoms with Crippen LogP contribution < -0.4 is 5.32 Å². The topological polar surface area (TPSA) is 49.3 Å². The van der Waals surface area contributed by atoms with Crippen molar-refractivity contribution in [2.45, 2.75) is 18.9 Å². The summed E-state index contributed by atoms with van der Waals surface area (Å²) in [6, 6.07) is 11.6. The second kappa shape index (κ2) is 7.07. The molecule has 1 atom stereocenters. The van der Waals surface area contributed by atoms with Gasteiger partial charge in [-0.3, -0.25) is 4.79 Å². The second-order valence-corrected chi connectivity index (χ2v) is 5.23. The van der Waals surface area contributed by atoms with Crippen LogP contribution in [0.1, 0.15) is 11.1 Å². The molecule has 0 aliphatic rings. The molecule has 0 spiro atoms. The van der Waals surface area contributed by atoms with E-state index < -0.39 is 0 Å². The van der Waals surface area contributed by atoms with E-state index in [0.717, 1.165) is 11.1 Å². The van der Waals surface area contributed by atoms with Gasteiger partial charge in [0.1, 0.15) is 0 Å². The molecule has 2 aromatic rings. The zero-order chi connectivity index (χ0) is 13.5. The highest BCUT2D eigenvalue weighted by molar-refractivity contribution is 7.07. The first-order valence-electron chi connectivity index (χ1n) is 6.23. The maximum absolute atomic E-state index is 11.9. The van der Waals surface area contributed by atoms with Crippen LogP contribution in [0.4, 0.5) is 0 Å². The smallest absolute Gasteiger partial charge is 0.224 e. The van der Waals surface area contributed by atoms with Crippen molar-refractivity contribution >= 4 is 17.2 Å². The van der Waals surface area contributed by atoms with Crippen LogP contribution in [0.2, 0.25) is 0 Å². The average Bonchev–Trinajstić information content (AvgIpc) is 2.92. The average molecular weight is 275 g/mol. The van der Waals surface area contributed by atoms with Gasteiger partial charge in [0.2, 0.25) is 5.91 Å². The molecular weight excluding hydrogens is 258 g/mol. The van der Waals surface area contributed by atoms with Crippen molar-refractivity contribution in [1.82, 2.24) is 5.32 Å². The van der Waals surface area contributed by atoms with Crippen molar-refractivity contribution in [3.63, 3.8) is 0 Å². The van der Waals surface area contributed by atoms with Crippen molar-refractivity contribution in [2.24, 2.45) is 0 Å². The van der Waals surface area contributed by atoms with Crippen molar-refractivity contribution in [3.05, 3.63) is 58.3 Å². The molecule has 0 radical (unpaired) electrons. The predicted octanol–water partition coefficient (Wildman–Crippen LogP) is 2.01. The first kappa shape index (κ1) is 13.8. The molecule has 0 saturated carbocycles. The molecule has 100 valence electrons. The number of aliphatic hydroxyl groups is 1. The van der Waals surface area contributed by atoms with Crippen molar-refractivity contribution < 1.29 is 9.90 Å². The summed E-state index contributed by atoms with van der Waals surface area (Å²) >= 11 is 1.58. The van der Waals surface area contributed by atoms with Gasteiger partial charge in [-0.2, -0.15) is 11.3 Å². The molecule has 0 aliphatic carbocycles. The summed E-state index contributed by atoms with van der Waals surface area (Å²) in [5, 5.41) is 16.1. The fourth-order valence-electron chi connectivity index (χ4n) is 1.92. The summed E-state index contributed by atoms with van der Waals surface area (Å²) in [6.45, 7) is -0.0513. The van der Waals surface area contributed by atoms with Crippen LogP contribution >= 0.6 is 11.3 Å². The highest BCUT2D eigenvalue weighted by atomic mass is 32.1. The fraction of sp³-hybridized carbons (Fsp3) is 0.267. The maximum Gasteiger partial charge on any atom is 0.224 e. The third-order valence-electron chi connectivity index (χ3n) is 2.86. The Hall–Kier alpha value is -1.65. The van der Waals surface area contributed by atoms with E-state index in [-0.39, 0.29) is 18.6 Å². The molecule has 3 nitrogen and oxygen atoms in total. The van der Waals surface area contributed by atoms with Crippen LogP contribution in [0.15, 0.2) is 47.2 Å². The Morgan fingerprint density at radius 1 is 1.21 bits per heavy atom. The minimum absolute atomic E-state index is 0.0478. The van der Waals surface area contributed by atoms with E-state index >= 15 is 0 Å². The lowest BCUT2D eigenvalue weighted by molar-refractivity contribution is -0.121. The molecule has 1 heterocycles. The molecule has 0 saturated heterocycles. The number of thiophene rings is 1. The Kier molecular flexibility index (Phi) is 5.12.